The first kappa shape index (κ1) is 18.1. The summed E-state index contributed by atoms with van der Waals surface area (Å²) < 4.78 is 1.89. The Labute approximate surface area is 163 Å². The number of nitrogens with one attached hydrogen (secondary N) is 2. The minimum atomic E-state index is -0.0473. The Bertz CT molecular complexity index is 968. The van der Waals surface area contributed by atoms with Crippen LogP contribution in [0.4, 0.5) is 0 Å². The Hall–Kier alpha value is -2.25. The largest absolute Gasteiger partial charge is 0.348 e. The number of carbonyl (C=O) groups excluding carboxylic acids is 1. The van der Waals surface area contributed by atoms with Gasteiger partial charge in [0.15, 0.2) is 5.65 Å². The Morgan fingerprint density at radius 2 is 2.26 bits per heavy atom. The number of pyridine rings is 1. The number of amides is 1. The SMILES string of the molecule is Cc1ccc(-c2cc(C(=O)NC3CCCNC3)c3cnn(C(C)C)c3n2)s1. The van der Waals surface area contributed by atoms with E-state index in [1.165, 1.54) is 4.88 Å². The molecule has 1 unspecified atom stereocenters. The Kier molecular flexibility index (Phi) is 4.97. The Balaban J connectivity index is 1.78. The van der Waals surface area contributed by atoms with Gasteiger partial charge in [0.2, 0.25) is 0 Å². The highest BCUT2D eigenvalue weighted by atomic mass is 32.1. The highest BCUT2D eigenvalue weighted by Gasteiger charge is 2.22. The van der Waals surface area contributed by atoms with E-state index in [4.69, 9.17) is 4.98 Å². The molecule has 1 fully saturated rings. The van der Waals surface area contributed by atoms with Crippen molar-refractivity contribution in [1.82, 2.24) is 25.4 Å². The molecule has 142 valence electrons. The number of thiophene rings is 1. The normalized spacial score (nSPS) is 17.6. The van der Waals surface area contributed by atoms with Crippen molar-refractivity contribution in [3.8, 4) is 10.6 Å². The molecule has 1 atom stereocenters. The molecule has 7 heteroatoms. The number of hydrogen-bond acceptors (Lipinski definition) is 5. The summed E-state index contributed by atoms with van der Waals surface area (Å²) in [6.45, 7) is 8.07. The van der Waals surface area contributed by atoms with E-state index in [1.54, 1.807) is 17.5 Å². The van der Waals surface area contributed by atoms with Crippen LogP contribution in [0.2, 0.25) is 0 Å². The van der Waals surface area contributed by atoms with E-state index in [-0.39, 0.29) is 18.0 Å². The second-order valence-electron chi connectivity index (χ2n) is 7.40. The highest BCUT2D eigenvalue weighted by molar-refractivity contribution is 7.15. The van der Waals surface area contributed by atoms with Crippen LogP contribution in [0.3, 0.4) is 0 Å². The summed E-state index contributed by atoms with van der Waals surface area (Å²) in [4.78, 5) is 20.2. The molecule has 6 nitrogen and oxygen atoms in total. The molecule has 0 saturated carbocycles. The number of carbonyl (C=O) groups is 1. The van der Waals surface area contributed by atoms with Gasteiger partial charge in [-0.1, -0.05) is 0 Å². The summed E-state index contributed by atoms with van der Waals surface area (Å²) >= 11 is 1.69. The lowest BCUT2D eigenvalue weighted by atomic mass is 10.1. The van der Waals surface area contributed by atoms with E-state index >= 15 is 0 Å². The summed E-state index contributed by atoms with van der Waals surface area (Å²) in [6.07, 6.45) is 3.86. The fraction of sp³-hybridized carbons (Fsp3) is 0.450. The zero-order valence-electron chi connectivity index (χ0n) is 16.0. The van der Waals surface area contributed by atoms with Crippen LogP contribution in [0.25, 0.3) is 21.6 Å². The van der Waals surface area contributed by atoms with E-state index in [2.05, 4.69) is 48.6 Å². The van der Waals surface area contributed by atoms with Crippen LogP contribution >= 0.6 is 11.3 Å². The average molecular weight is 384 g/mol. The van der Waals surface area contributed by atoms with Crippen molar-refractivity contribution in [2.24, 2.45) is 0 Å². The second kappa shape index (κ2) is 7.40. The number of rotatable bonds is 4. The van der Waals surface area contributed by atoms with E-state index in [1.807, 2.05) is 10.7 Å². The van der Waals surface area contributed by atoms with Crippen LogP contribution in [-0.2, 0) is 0 Å². The van der Waals surface area contributed by atoms with Gasteiger partial charge in [-0.3, -0.25) is 4.79 Å². The van der Waals surface area contributed by atoms with E-state index in [9.17, 15) is 4.79 Å². The number of piperidine rings is 1. The number of fused-ring (bicyclic) bond motifs is 1. The lowest BCUT2D eigenvalue weighted by molar-refractivity contribution is 0.0932. The van der Waals surface area contributed by atoms with Gasteiger partial charge in [-0.2, -0.15) is 5.10 Å². The smallest absolute Gasteiger partial charge is 0.252 e. The molecule has 0 aromatic carbocycles. The van der Waals surface area contributed by atoms with Gasteiger partial charge < -0.3 is 10.6 Å². The van der Waals surface area contributed by atoms with Crippen LogP contribution in [0.5, 0.6) is 0 Å². The molecule has 1 amide bonds. The molecule has 1 aliphatic heterocycles. The zero-order valence-corrected chi connectivity index (χ0v) is 16.8. The van der Waals surface area contributed by atoms with E-state index < -0.39 is 0 Å². The number of nitrogens with zero attached hydrogens (tertiary/aromatic N) is 3. The zero-order chi connectivity index (χ0) is 19.0. The molecule has 0 radical (unpaired) electrons. The van der Waals surface area contributed by atoms with Crippen LogP contribution in [-0.4, -0.2) is 39.8 Å². The van der Waals surface area contributed by atoms with Crippen molar-refractivity contribution in [3.63, 3.8) is 0 Å². The average Bonchev–Trinajstić information content (AvgIpc) is 3.27. The van der Waals surface area contributed by atoms with Gasteiger partial charge in [-0.15, -0.1) is 11.3 Å². The van der Waals surface area contributed by atoms with Gasteiger partial charge in [-0.25, -0.2) is 9.67 Å². The van der Waals surface area contributed by atoms with Crippen LogP contribution < -0.4 is 10.6 Å². The maximum atomic E-state index is 13.1. The molecule has 1 saturated heterocycles. The van der Waals surface area contributed by atoms with Gasteiger partial charge in [0, 0.05) is 23.5 Å². The van der Waals surface area contributed by atoms with E-state index in [0.717, 1.165) is 47.5 Å². The summed E-state index contributed by atoms with van der Waals surface area (Å²) in [5.41, 5.74) is 2.24. The number of aromatic nitrogens is 3. The van der Waals surface area contributed by atoms with Crippen molar-refractivity contribution in [2.45, 2.75) is 45.7 Å². The van der Waals surface area contributed by atoms with Crippen molar-refractivity contribution in [1.29, 1.82) is 0 Å². The summed E-state index contributed by atoms with van der Waals surface area (Å²) in [7, 11) is 0. The lowest BCUT2D eigenvalue weighted by Gasteiger charge is -2.24. The lowest BCUT2D eigenvalue weighted by Crippen LogP contribution is -2.45. The minimum Gasteiger partial charge on any atom is -0.348 e. The summed E-state index contributed by atoms with van der Waals surface area (Å²) in [6, 6.07) is 6.40. The first-order valence-electron chi connectivity index (χ1n) is 9.49. The molecule has 0 bridgehead atoms. The van der Waals surface area contributed by atoms with Gasteiger partial charge in [0.25, 0.3) is 5.91 Å². The van der Waals surface area contributed by atoms with Gasteiger partial charge >= 0.3 is 0 Å². The maximum Gasteiger partial charge on any atom is 0.252 e. The van der Waals surface area contributed by atoms with E-state index in [0.29, 0.717) is 5.56 Å². The molecule has 4 rings (SSSR count). The fourth-order valence-corrected chi connectivity index (χ4v) is 4.35. The molecule has 3 aromatic heterocycles. The number of aryl methyl sites for hydroxylation is 1. The van der Waals surface area contributed by atoms with Gasteiger partial charge in [0.05, 0.1) is 27.7 Å². The molecule has 0 aliphatic carbocycles. The van der Waals surface area contributed by atoms with Crippen molar-refractivity contribution in [2.75, 3.05) is 13.1 Å². The van der Waals surface area contributed by atoms with Gasteiger partial charge in [0.1, 0.15) is 0 Å². The molecule has 27 heavy (non-hydrogen) atoms. The quantitative estimate of drug-likeness (QED) is 0.723. The Morgan fingerprint density at radius 3 is 2.93 bits per heavy atom. The third-order valence-corrected chi connectivity index (χ3v) is 5.95. The first-order chi connectivity index (χ1) is 13.0. The van der Waals surface area contributed by atoms with Crippen molar-refractivity contribution in [3.05, 3.63) is 34.8 Å². The maximum absolute atomic E-state index is 13.1. The van der Waals surface area contributed by atoms with Crippen LogP contribution in [0.1, 0.15) is 48.0 Å². The van der Waals surface area contributed by atoms with Crippen molar-refractivity contribution >= 4 is 28.3 Å². The van der Waals surface area contributed by atoms with Crippen molar-refractivity contribution < 1.29 is 4.79 Å². The third-order valence-electron chi connectivity index (χ3n) is 4.93. The summed E-state index contributed by atoms with van der Waals surface area (Å²) in [5, 5.41) is 11.8. The van der Waals surface area contributed by atoms with Gasteiger partial charge in [-0.05, 0) is 58.4 Å². The Morgan fingerprint density at radius 1 is 1.41 bits per heavy atom. The molecule has 4 heterocycles. The monoisotopic (exact) mass is 383 g/mol. The standard InChI is InChI=1S/C20H25N5OS/c1-12(2)25-19-16(11-22-25)15(20(26)23-14-5-4-8-21-10-14)9-17(24-19)18-7-6-13(3)27-18/h6-7,9,11-12,14,21H,4-5,8,10H2,1-3H3,(H,23,26). The fourth-order valence-electron chi connectivity index (χ4n) is 3.52. The molecular weight excluding hydrogens is 358 g/mol. The number of hydrogen-bond donors (Lipinski definition) is 2. The molecule has 2 N–H and O–H groups in total. The molecule has 0 spiro atoms. The predicted molar refractivity (Wildman–Crippen MR) is 109 cm³/mol. The van der Waals surface area contributed by atoms with Crippen LogP contribution in [0, 0.1) is 6.92 Å². The predicted octanol–water partition coefficient (Wildman–Crippen LogP) is 3.53. The second-order valence-corrected chi connectivity index (χ2v) is 8.69. The first-order valence-corrected chi connectivity index (χ1v) is 10.3. The minimum absolute atomic E-state index is 0.0473. The molecular formula is C20H25N5OS. The highest BCUT2D eigenvalue weighted by Crippen LogP contribution is 2.30. The molecule has 1 aliphatic rings. The third kappa shape index (κ3) is 3.61. The molecule has 3 aromatic rings. The topological polar surface area (TPSA) is 71.8 Å². The summed E-state index contributed by atoms with van der Waals surface area (Å²) in [5.74, 6) is -0.0473. The van der Waals surface area contributed by atoms with Crippen LogP contribution in [0.15, 0.2) is 24.4 Å².